The second kappa shape index (κ2) is 27.2. The molecule has 83 heavy (non-hydrogen) atoms. The summed E-state index contributed by atoms with van der Waals surface area (Å²) >= 11 is 0. The molecule has 5 aliphatic heterocycles. The molecule has 0 atom stereocenters. The molecule has 0 bridgehead atoms. The van der Waals surface area contributed by atoms with Crippen LogP contribution in [0.4, 0.5) is 17.2 Å². The second-order valence-electron chi connectivity index (χ2n) is 19.8. The first kappa shape index (κ1) is 60.9. The number of benzene rings is 3. The number of ether oxygens (including phenoxy) is 2. The molecule has 0 saturated carbocycles. The molecule has 436 valence electrons. The lowest BCUT2D eigenvalue weighted by Crippen LogP contribution is -2.45. The van der Waals surface area contributed by atoms with E-state index < -0.39 is 34.0 Å². The van der Waals surface area contributed by atoms with E-state index in [0.29, 0.717) is 73.6 Å². The first-order valence-corrected chi connectivity index (χ1v) is 26.7. The van der Waals surface area contributed by atoms with Crippen LogP contribution in [0.15, 0.2) is 77.7 Å². The Bertz CT molecular complexity index is 4150. The number of methoxy groups -OCH3 is 2. The van der Waals surface area contributed by atoms with Crippen LogP contribution >= 0.6 is 0 Å². The molecule has 26 heteroatoms. The van der Waals surface area contributed by atoms with Crippen LogP contribution < -0.4 is 59.2 Å². The molecule has 0 saturated heterocycles. The van der Waals surface area contributed by atoms with Gasteiger partial charge in [0.15, 0.2) is 34.2 Å². The van der Waals surface area contributed by atoms with Gasteiger partial charge in [-0.25, -0.2) is 29.5 Å². The lowest BCUT2D eigenvalue weighted by molar-refractivity contribution is -0.141. The third kappa shape index (κ3) is 15.0. The number of aryl methyl sites for hydroxylation is 6. The van der Waals surface area contributed by atoms with E-state index in [1.54, 1.807) is 12.0 Å². The number of carbonyl (C=O) groups is 3. The highest BCUT2D eigenvalue weighted by molar-refractivity contribution is 5.88. The smallest absolute Gasteiger partial charge is 0.349 e. The predicted octanol–water partition coefficient (Wildman–Crippen LogP) is 3.46. The zero-order valence-electron chi connectivity index (χ0n) is 47.3. The Morgan fingerprint density at radius 3 is 1.84 bits per heavy atom. The maximum atomic E-state index is 12.3. The molecule has 7 N–H and O–H groups in total. The van der Waals surface area contributed by atoms with Crippen LogP contribution in [-0.2, 0) is 32.2 Å². The largest absolute Gasteiger partial charge is 0.513 e. The lowest BCUT2D eigenvalue weighted by Gasteiger charge is -2.28. The number of rotatable bonds is 20. The number of hydrogen-bond donors (Lipinski definition) is 7. The number of amides is 1. The fraction of sp³-hybridized carbons (Fsp3) is 0.368. The molecule has 0 spiro atoms. The number of aliphatic hydroxyl groups is 1. The van der Waals surface area contributed by atoms with Gasteiger partial charge in [-0.3, -0.25) is 38.7 Å². The van der Waals surface area contributed by atoms with E-state index in [2.05, 4.69) is 73.4 Å². The van der Waals surface area contributed by atoms with Crippen molar-refractivity contribution < 1.29 is 34.1 Å². The van der Waals surface area contributed by atoms with Gasteiger partial charge in [-0.05, 0) is 119 Å². The van der Waals surface area contributed by atoms with Crippen molar-refractivity contribution in [2.75, 3.05) is 45.3 Å². The molecule has 0 unspecified atom stereocenters. The minimum Gasteiger partial charge on any atom is -0.513 e. The number of nitrogens with one attached hydrogen (secondary N) is 5. The summed E-state index contributed by atoms with van der Waals surface area (Å²) < 4.78 is 13.7. The molecule has 0 aliphatic carbocycles. The third-order valence-corrected chi connectivity index (χ3v) is 13.7. The van der Waals surface area contributed by atoms with Crippen LogP contribution in [0.25, 0.3) is 51.7 Å². The molecule has 0 fully saturated rings. The van der Waals surface area contributed by atoms with Crippen molar-refractivity contribution in [3.05, 3.63) is 139 Å². The summed E-state index contributed by atoms with van der Waals surface area (Å²) in [6.45, 7) is 19.1. The quantitative estimate of drug-likeness (QED) is 0.0249. The van der Waals surface area contributed by atoms with Gasteiger partial charge in [-0.15, -0.1) is 0 Å². The minimum atomic E-state index is -0.997. The van der Waals surface area contributed by atoms with Gasteiger partial charge in [0, 0.05) is 45.1 Å². The summed E-state index contributed by atoms with van der Waals surface area (Å²) in [6, 6.07) is 11.4. The topological polar surface area (TPSA) is 357 Å². The Morgan fingerprint density at radius 2 is 1.22 bits per heavy atom. The van der Waals surface area contributed by atoms with E-state index in [4.69, 9.17) is 14.9 Å². The van der Waals surface area contributed by atoms with E-state index in [1.807, 2.05) is 80.2 Å². The summed E-state index contributed by atoms with van der Waals surface area (Å²) in [5.41, 5.74) is 6.71. The van der Waals surface area contributed by atoms with Crippen molar-refractivity contribution in [3.8, 4) is 28.8 Å². The molecule has 6 heterocycles. The minimum absolute atomic E-state index is 0.0163. The molecule has 1 amide bonds. The molecule has 9 rings (SSSR count). The van der Waals surface area contributed by atoms with Gasteiger partial charge in [-0.1, -0.05) is 26.0 Å². The van der Waals surface area contributed by atoms with Crippen molar-refractivity contribution in [2.45, 2.75) is 99.1 Å². The summed E-state index contributed by atoms with van der Waals surface area (Å²) in [6.07, 6.45) is 5.02. The third-order valence-electron chi connectivity index (χ3n) is 13.7. The molecule has 5 aliphatic rings. The van der Waals surface area contributed by atoms with Crippen LogP contribution in [0.2, 0.25) is 0 Å². The highest BCUT2D eigenvalue weighted by atomic mass is 16.5. The number of fused-ring (bicyclic) bond motifs is 6. The number of H-pyrrole nitrogens is 3. The van der Waals surface area contributed by atoms with Gasteiger partial charge in [0.2, 0.25) is 5.91 Å². The van der Waals surface area contributed by atoms with Gasteiger partial charge in [0.1, 0.15) is 17.8 Å². The van der Waals surface area contributed by atoms with E-state index >= 15 is 0 Å². The Hall–Kier alpha value is -9.72. The number of aromatic nitrogens is 10. The average molecular weight is 1140 g/mol. The SMILES string of the molecule is C=C(O)CCCCCCn1c2nc(=O)[nH]c(=O)c-2nc2cc(C)c(OC)cc21.C=c1nc2c(c(=O)[nH]1)=Nc1cc(C)c(C)cc1N2CC(=O)NCCC(=O)O.COC(=O)CCCNCCn1c2nc(=O)[nH]c(=O)c-2nc2cc(C)c(C)cc21. The number of hydrogen-bond acceptors (Lipinski definition) is 19. The van der Waals surface area contributed by atoms with Crippen LogP contribution in [0.5, 0.6) is 5.75 Å². The molecular weight excluding hydrogens is 1070 g/mol. The standard InChI is InChI=1S/C20H24N4O4.C19H23N5O4.C18H19N5O4/c1-12-10-14-15(11-16(12)28-3)24(9-7-5-4-6-8-13(2)25)18-17(21-14)19(26)23-20(27)22-18;1-11-9-13-14(10-12(11)2)24(8-7-20-6-4-5-15(25)28-3)17-16(21-13)18(26)23-19(27)22-17;1-9-6-12-13(7-10(9)2)23(8-14(24)19-5-4-15(25)26)17-16(22-12)18(27)21-11(3)20-17/h10-11,25H,2,4-9H2,1,3H3,(H,23,26,27);9-10,20H,4-8H2,1-3H3,(H,23,26,27);6-7H,3-5,8H2,1-2H3,(H,19,24)(H,21,27)(H,25,26). The molecular formula is C57H66N14O12. The van der Waals surface area contributed by atoms with E-state index in [9.17, 15) is 38.4 Å². The van der Waals surface area contributed by atoms with Gasteiger partial charge < -0.3 is 49.3 Å². The maximum absolute atomic E-state index is 12.3. The first-order chi connectivity index (χ1) is 39.6. The zero-order chi connectivity index (χ0) is 60.2. The number of nitrogens with zero attached hydrogens (tertiary/aromatic N) is 9. The number of unbranched alkanes of at least 4 members (excludes halogenated alkanes) is 3. The lowest BCUT2D eigenvalue weighted by atomic mass is 10.1. The van der Waals surface area contributed by atoms with E-state index in [-0.39, 0.29) is 76.8 Å². The van der Waals surface area contributed by atoms with Crippen LogP contribution in [0, 0.1) is 34.6 Å². The van der Waals surface area contributed by atoms with Crippen LogP contribution in [0.3, 0.4) is 0 Å². The van der Waals surface area contributed by atoms with Crippen molar-refractivity contribution >= 4 is 63.7 Å². The number of carboxylic acids is 1. The van der Waals surface area contributed by atoms with Gasteiger partial charge in [-0.2, -0.15) is 9.97 Å². The van der Waals surface area contributed by atoms with Crippen molar-refractivity contribution in [1.82, 2.24) is 59.6 Å². The number of carbonyl (C=O) groups excluding carboxylic acids is 2. The highest BCUT2D eigenvalue weighted by Gasteiger charge is 2.26. The molecule has 3 aromatic carbocycles. The Kier molecular flexibility index (Phi) is 19.9. The number of carboxylic acid groups (broad SMARTS) is 1. The summed E-state index contributed by atoms with van der Waals surface area (Å²) in [5.74, 6) is 0.0688. The fourth-order valence-electron chi connectivity index (χ4n) is 9.16. The Balaban J connectivity index is 0.000000179. The summed E-state index contributed by atoms with van der Waals surface area (Å²) in [5, 5.41) is 23.8. The molecule has 4 aromatic rings. The van der Waals surface area contributed by atoms with Crippen molar-refractivity contribution in [1.29, 1.82) is 0 Å². The number of anilines is 2. The van der Waals surface area contributed by atoms with Crippen LogP contribution in [0.1, 0.15) is 79.2 Å². The van der Waals surface area contributed by atoms with Crippen molar-refractivity contribution in [3.63, 3.8) is 0 Å². The monoisotopic (exact) mass is 1140 g/mol. The molecule has 26 nitrogen and oxygen atoms in total. The van der Waals surface area contributed by atoms with Gasteiger partial charge in [0.05, 0.1) is 59.8 Å². The number of aliphatic hydroxyl groups excluding tert-OH is 1. The highest BCUT2D eigenvalue weighted by Crippen LogP contribution is 2.36. The number of allylic oxidation sites excluding steroid dienone is 1. The Morgan fingerprint density at radius 1 is 0.627 bits per heavy atom. The number of aliphatic carboxylic acids is 1. The summed E-state index contributed by atoms with van der Waals surface area (Å²) in [4.78, 5) is 128. The first-order valence-electron chi connectivity index (χ1n) is 26.7. The summed E-state index contributed by atoms with van der Waals surface area (Å²) in [7, 11) is 2.97. The zero-order valence-corrected chi connectivity index (χ0v) is 47.3. The second-order valence-corrected chi connectivity index (χ2v) is 19.8. The van der Waals surface area contributed by atoms with Crippen LogP contribution in [-0.4, -0.2) is 117 Å². The fourth-order valence-corrected chi connectivity index (χ4v) is 9.16. The predicted molar refractivity (Wildman–Crippen MR) is 311 cm³/mol. The molecule has 0 radical (unpaired) electrons. The van der Waals surface area contributed by atoms with Gasteiger partial charge >= 0.3 is 23.3 Å². The Labute approximate surface area is 473 Å². The number of esters is 1. The average Bonchev–Trinajstić information content (AvgIpc) is 2.95. The van der Waals surface area contributed by atoms with Gasteiger partial charge in [0.25, 0.3) is 16.7 Å². The maximum Gasteiger partial charge on any atom is 0.349 e. The van der Waals surface area contributed by atoms with E-state index in [0.717, 1.165) is 64.5 Å². The van der Waals surface area contributed by atoms with Crippen molar-refractivity contribution in [2.24, 2.45) is 4.99 Å². The van der Waals surface area contributed by atoms with E-state index in [1.165, 1.54) is 7.11 Å². The normalized spacial score (nSPS) is 11.5. The molecule has 1 aromatic heterocycles. The number of aromatic amines is 3.